The van der Waals surface area contributed by atoms with Gasteiger partial charge in [0.15, 0.2) is 9.84 Å². The number of hydrogen-bond donors (Lipinski definition) is 2. The molecule has 0 aromatic heterocycles. The topological polar surface area (TPSA) is 95.4 Å². The molecule has 0 amide bonds. The number of benzene rings is 1. The summed E-state index contributed by atoms with van der Waals surface area (Å²) in [6.45, 7) is 1.79. The van der Waals surface area contributed by atoms with Crippen molar-refractivity contribution in [2.24, 2.45) is 11.5 Å². The largest absolute Gasteiger partial charge is 0.497 e. The predicted octanol–water partition coefficient (Wildman–Crippen LogP) is 0.252. The van der Waals surface area contributed by atoms with Crippen LogP contribution in [0.15, 0.2) is 24.3 Å². The molecule has 0 spiro atoms. The van der Waals surface area contributed by atoms with Gasteiger partial charge in [-0.15, -0.1) is 0 Å². The molecule has 0 bridgehead atoms. The first-order valence-electron chi connectivity index (χ1n) is 6.25. The highest BCUT2D eigenvalue weighted by molar-refractivity contribution is 7.92. The van der Waals surface area contributed by atoms with E-state index in [4.69, 9.17) is 16.2 Å². The maximum atomic E-state index is 12.1. The van der Waals surface area contributed by atoms with Crippen LogP contribution in [0.2, 0.25) is 0 Å². The van der Waals surface area contributed by atoms with Crippen LogP contribution in [-0.4, -0.2) is 38.6 Å². The number of sulfone groups is 1. The van der Waals surface area contributed by atoms with Gasteiger partial charge in [0.2, 0.25) is 0 Å². The van der Waals surface area contributed by atoms with Gasteiger partial charge in [0.05, 0.1) is 17.9 Å². The van der Waals surface area contributed by atoms with Crippen molar-refractivity contribution >= 4 is 9.84 Å². The molecule has 0 radical (unpaired) electrons. The zero-order chi connectivity index (χ0) is 14.3. The lowest BCUT2D eigenvalue weighted by Gasteiger charge is -2.08. The molecule has 4 N–H and O–H groups in total. The average molecular weight is 284 g/mol. The van der Waals surface area contributed by atoms with Crippen molar-refractivity contribution in [3.8, 4) is 5.75 Å². The molecule has 1 aliphatic rings. The number of nitrogens with two attached hydrogens (primary N) is 2. The lowest BCUT2D eigenvalue weighted by atomic mass is 10.1. The molecule has 1 fully saturated rings. The van der Waals surface area contributed by atoms with Crippen LogP contribution in [0.3, 0.4) is 0 Å². The summed E-state index contributed by atoms with van der Waals surface area (Å²) >= 11 is 0. The molecular formula is C13H20N2O3S. The fourth-order valence-corrected chi connectivity index (χ4v) is 4.70. The molecule has 1 saturated carbocycles. The highest BCUT2D eigenvalue weighted by Crippen LogP contribution is 2.53. The second-order valence-electron chi connectivity index (χ2n) is 4.94. The summed E-state index contributed by atoms with van der Waals surface area (Å²) in [6, 6.07) is 7.32. The Kier molecular flexibility index (Phi) is 3.59. The van der Waals surface area contributed by atoms with E-state index in [1.807, 2.05) is 12.1 Å². The molecule has 106 valence electrons. The van der Waals surface area contributed by atoms with Gasteiger partial charge in [-0.3, -0.25) is 0 Å². The van der Waals surface area contributed by atoms with Gasteiger partial charge in [-0.25, -0.2) is 8.42 Å². The third-order valence-electron chi connectivity index (χ3n) is 3.92. The van der Waals surface area contributed by atoms with Crippen LogP contribution < -0.4 is 16.2 Å². The Bertz CT molecular complexity index is 556. The van der Waals surface area contributed by atoms with Crippen LogP contribution in [0.1, 0.15) is 18.4 Å². The minimum absolute atomic E-state index is 0.0866. The van der Waals surface area contributed by atoms with Crippen molar-refractivity contribution in [2.45, 2.75) is 23.6 Å². The van der Waals surface area contributed by atoms with Crippen LogP contribution in [0.4, 0.5) is 0 Å². The molecule has 0 aliphatic heterocycles. The molecule has 1 aromatic carbocycles. The molecule has 1 aliphatic carbocycles. The van der Waals surface area contributed by atoms with Crippen molar-refractivity contribution in [1.82, 2.24) is 0 Å². The van der Waals surface area contributed by atoms with E-state index in [2.05, 4.69) is 0 Å². The highest BCUT2D eigenvalue weighted by Gasteiger charge is 2.67. The molecular weight excluding hydrogens is 264 g/mol. The summed E-state index contributed by atoms with van der Waals surface area (Å²) in [6.07, 6.45) is 0. The van der Waals surface area contributed by atoms with E-state index in [-0.39, 0.29) is 18.2 Å². The van der Waals surface area contributed by atoms with Crippen LogP contribution in [-0.2, 0) is 9.84 Å². The van der Waals surface area contributed by atoms with Crippen LogP contribution in [0.5, 0.6) is 5.75 Å². The smallest absolute Gasteiger partial charge is 0.155 e. The molecule has 19 heavy (non-hydrogen) atoms. The molecule has 2 rings (SSSR count). The van der Waals surface area contributed by atoms with Crippen LogP contribution in [0, 0.1) is 0 Å². The van der Waals surface area contributed by atoms with Crippen LogP contribution in [0.25, 0.3) is 0 Å². The lowest BCUT2D eigenvalue weighted by molar-refractivity contribution is 0.414. The first-order valence-corrected chi connectivity index (χ1v) is 7.96. The number of methoxy groups -OCH3 is 1. The fraction of sp³-hybridized carbons (Fsp3) is 0.538. The maximum absolute atomic E-state index is 12.1. The maximum Gasteiger partial charge on any atom is 0.155 e. The van der Waals surface area contributed by atoms with Crippen molar-refractivity contribution < 1.29 is 13.2 Å². The summed E-state index contributed by atoms with van der Waals surface area (Å²) in [5.74, 6) is 0.589. The van der Waals surface area contributed by atoms with E-state index in [0.29, 0.717) is 0 Å². The van der Waals surface area contributed by atoms with Crippen molar-refractivity contribution in [1.29, 1.82) is 0 Å². The van der Waals surface area contributed by atoms with Gasteiger partial charge in [0, 0.05) is 18.2 Å². The zero-order valence-corrected chi connectivity index (χ0v) is 12.0. The second kappa shape index (κ2) is 4.77. The predicted molar refractivity (Wildman–Crippen MR) is 75.0 cm³/mol. The highest BCUT2D eigenvalue weighted by atomic mass is 32.2. The molecule has 0 unspecified atom stereocenters. The lowest BCUT2D eigenvalue weighted by Crippen LogP contribution is -2.39. The molecule has 3 atom stereocenters. The number of ether oxygens (including phenoxy) is 1. The van der Waals surface area contributed by atoms with Gasteiger partial charge >= 0.3 is 0 Å². The van der Waals surface area contributed by atoms with Gasteiger partial charge in [-0.1, -0.05) is 19.1 Å². The number of rotatable bonds is 5. The van der Waals surface area contributed by atoms with Crippen LogP contribution >= 0.6 is 0 Å². The fourth-order valence-electron chi connectivity index (χ4n) is 2.68. The third-order valence-corrected chi connectivity index (χ3v) is 6.21. The van der Waals surface area contributed by atoms with E-state index < -0.39 is 20.6 Å². The molecule has 5 nitrogen and oxygen atoms in total. The van der Waals surface area contributed by atoms with E-state index >= 15 is 0 Å². The summed E-state index contributed by atoms with van der Waals surface area (Å²) in [5, 5.41) is -0.580. The Morgan fingerprint density at radius 1 is 1.32 bits per heavy atom. The minimum Gasteiger partial charge on any atom is -0.497 e. The quantitative estimate of drug-likeness (QED) is 0.808. The minimum atomic E-state index is -3.19. The van der Waals surface area contributed by atoms with Gasteiger partial charge < -0.3 is 16.2 Å². The van der Waals surface area contributed by atoms with Gasteiger partial charge in [0.1, 0.15) is 5.75 Å². The van der Waals surface area contributed by atoms with E-state index in [1.165, 1.54) is 0 Å². The van der Waals surface area contributed by atoms with E-state index in [1.54, 1.807) is 26.2 Å². The van der Waals surface area contributed by atoms with E-state index in [9.17, 15) is 8.42 Å². The first-order chi connectivity index (χ1) is 8.90. The molecule has 6 heteroatoms. The SMILES string of the molecule is CCS(=O)(=O)[C@@H]1[C@@H](c2ccc(OC)cc2)[C@@]1(N)CN. The first kappa shape index (κ1) is 14.3. The van der Waals surface area contributed by atoms with Crippen molar-refractivity contribution in [2.75, 3.05) is 19.4 Å². The average Bonchev–Trinajstić information content (AvgIpc) is 3.07. The molecule has 0 heterocycles. The molecule has 0 saturated heterocycles. The monoisotopic (exact) mass is 284 g/mol. The second-order valence-corrected chi connectivity index (χ2v) is 7.35. The summed E-state index contributed by atoms with van der Waals surface area (Å²) < 4.78 is 29.3. The Balaban J connectivity index is 2.34. The Morgan fingerprint density at radius 3 is 2.32 bits per heavy atom. The normalized spacial score (nSPS) is 30.1. The standard InChI is InChI=1S/C13H20N2O3S/c1-3-19(16,17)12-11(13(12,15)8-14)9-4-6-10(18-2)7-5-9/h4-7,11-12H,3,8,14-15H2,1-2H3/t11-,12-,13+/m1/s1. The summed E-state index contributed by atoms with van der Waals surface area (Å²) in [5.41, 5.74) is 11.9. The van der Waals surface area contributed by atoms with Gasteiger partial charge in [-0.2, -0.15) is 0 Å². The third kappa shape index (κ3) is 2.24. The van der Waals surface area contributed by atoms with E-state index in [0.717, 1.165) is 11.3 Å². The zero-order valence-electron chi connectivity index (χ0n) is 11.2. The summed E-state index contributed by atoms with van der Waals surface area (Å²) in [7, 11) is -1.61. The van der Waals surface area contributed by atoms with Crippen molar-refractivity contribution in [3.05, 3.63) is 29.8 Å². The Morgan fingerprint density at radius 2 is 1.89 bits per heavy atom. The Labute approximate surface area is 113 Å². The van der Waals surface area contributed by atoms with Gasteiger partial charge in [0.25, 0.3) is 0 Å². The number of hydrogen-bond acceptors (Lipinski definition) is 5. The van der Waals surface area contributed by atoms with Gasteiger partial charge in [-0.05, 0) is 17.7 Å². The van der Waals surface area contributed by atoms with Crippen molar-refractivity contribution in [3.63, 3.8) is 0 Å². The molecule has 1 aromatic rings. The Hall–Kier alpha value is -1.11. The summed E-state index contributed by atoms with van der Waals surface area (Å²) in [4.78, 5) is 0.